The number of methoxy groups -OCH3 is 1. The van der Waals surface area contributed by atoms with Crippen molar-refractivity contribution in [3.05, 3.63) is 24.0 Å². The highest BCUT2D eigenvalue weighted by Gasteiger charge is 2.01. The van der Waals surface area contributed by atoms with Gasteiger partial charge in [-0.3, -0.25) is 4.68 Å². The molecule has 0 unspecified atom stereocenters. The number of ether oxygens (including phenoxy) is 1. The summed E-state index contributed by atoms with van der Waals surface area (Å²) in [4.78, 5) is 4.40. The zero-order valence-electron chi connectivity index (χ0n) is 7.69. The second kappa shape index (κ2) is 3.14. The lowest BCUT2D eigenvalue weighted by Gasteiger charge is -1.99. The Labute approximate surface area is 76.1 Å². The zero-order valence-corrected chi connectivity index (χ0v) is 7.69. The van der Waals surface area contributed by atoms with Gasteiger partial charge in [0.25, 0.3) is 0 Å². The van der Waals surface area contributed by atoms with Crippen LogP contribution in [0.15, 0.2) is 18.3 Å². The smallest absolute Gasteiger partial charge is 0.157 e. The highest BCUT2D eigenvalue weighted by atomic mass is 16.5. The largest absolute Gasteiger partial charge is 0.378 e. The molecule has 2 heterocycles. The normalized spacial score (nSPS) is 10.9. The minimum Gasteiger partial charge on any atom is -0.378 e. The van der Waals surface area contributed by atoms with Crippen molar-refractivity contribution >= 4 is 11.0 Å². The van der Waals surface area contributed by atoms with Crippen LogP contribution in [-0.4, -0.2) is 21.9 Å². The lowest BCUT2D eigenvalue weighted by Crippen LogP contribution is -1.96. The molecule has 4 heteroatoms. The molecule has 0 bridgehead atoms. The summed E-state index contributed by atoms with van der Waals surface area (Å²) in [6.45, 7) is 0.543. The molecule has 0 saturated heterocycles. The Hall–Kier alpha value is -1.42. The number of nitrogens with zero attached hydrogens (tertiary/aromatic N) is 3. The Balaban J connectivity index is 2.53. The van der Waals surface area contributed by atoms with Gasteiger partial charge in [0.15, 0.2) is 5.65 Å². The summed E-state index contributed by atoms with van der Waals surface area (Å²) >= 11 is 0. The molecule has 2 aromatic rings. The fourth-order valence-electron chi connectivity index (χ4n) is 1.29. The van der Waals surface area contributed by atoms with E-state index in [-0.39, 0.29) is 0 Å². The van der Waals surface area contributed by atoms with Gasteiger partial charge in [-0.15, -0.1) is 0 Å². The molecule has 0 aliphatic rings. The average molecular weight is 177 g/mol. The summed E-state index contributed by atoms with van der Waals surface area (Å²) < 4.78 is 6.76. The molecule has 0 spiro atoms. The number of pyridine rings is 1. The summed E-state index contributed by atoms with van der Waals surface area (Å²) in [6.07, 6.45) is 1.80. The Morgan fingerprint density at radius 1 is 1.46 bits per heavy atom. The highest BCUT2D eigenvalue weighted by Crippen LogP contribution is 2.10. The predicted octanol–water partition coefficient (Wildman–Crippen LogP) is 1.11. The van der Waals surface area contributed by atoms with E-state index in [1.807, 2.05) is 19.2 Å². The molecule has 0 fully saturated rings. The maximum Gasteiger partial charge on any atom is 0.157 e. The van der Waals surface area contributed by atoms with Gasteiger partial charge in [-0.05, 0) is 12.1 Å². The van der Waals surface area contributed by atoms with E-state index in [1.54, 1.807) is 18.0 Å². The fraction of sp³-hybridized carbons (Fsp3) is 0.333. The van der Waals surface area contributed by atoms with Crippen molar-refractivity contribution < 1.29 is 4.74 Å². The fourth-order valence-corrected chi connectivity index (χ4v) is 1.29. The van der Waals surface area contributed by atoms with E-state index < -0.39 is 0 Å². The van der Waals surface area contributed by atoms with Crippen molar-refractivity contribution in [1.29, 1.82) is 0 Å². The maximum atomic E-state index is 5.00. The molecular weight excluding hydrogens is 166 g/mol. The lowest BCUT2D eigenvalue weighted by molar-refractivity contribution is 0.181. The van der Waals surface area contributed by atoms with E-state index in [9.17, 15) is 0 Å². The zero-order chi connectivity index (χ0) is 9.26. The van der Waals surface area contributed by atoms with Crippen LogP contribution in [0, 0.1) is 0 Å². The molecule has 0 N–H and O–H groups in total. The Morgan fingerprint density at radius 3 is 3.08 bits per heavy atom. The van der Waals surface area contributed by atoms with Crippen LogP contribution in [0.4, 0.5) is 0 Å². The Morgan fingerprint density at radius 2 is 2.31 bits per heavy atom. The van der Waals surface area contributed by atoms with Crippen LogP contribution in [0.5, 0.6) is 0 Å². The molecule has 0 saturated carbocycles. The van der Waals surface area contributed by atoms with Gasteiger partial charge >= 0.3 is 0 Å². The topological polar surface area (TPSA) is 39.9 Å². The second-order valence-electron chi connectivity index (χ2n) is 2.92. The van der Waals surface area contributed by atoms with Crippen LogP contribution in [0.1, 0.15) is 5.69 Å². The molecule has 0 atom stereocenters. The average Bonchev–Trinajstić information content (AvgIpc) is 2.49. The van der Waals surface area contributed by atoms with Crippen molar-refractivity contribution in [3.8, 4) is 0 Å². The second-order valence-corrected chi connectivity index (χ2v) is 2.92. The van der Waals surface area contributed by atoms with Crippen LogP contribution in [0.3, 0.4) is 0 Å². The molecule has 2 rings (SSSR count). The van der Waals surface area contributed by atoms with E-state index in [4.69, 9.17) is 4.74 Å². The summed E-state index contributed by atoms with van der Waals surface area (Å²) in [6, 6.07) is 3.96. The standard InChI is InChI=1S/C9H11N3O/c1-12-9-7(5-10-12)3-4-8(11-9)6-13-2/h3-5H,6H2,1-2H3. The predicted molar refractivity (Wildman–Crippen MR) is 49.2 cm³/mol. The molecule has 0 aliphatic heterocycles. The molecule has 13 heavy (non-hydrogen) atoms. The third-order valence-corrected chi connectivity index (χ3v) is 1.93. The summed E-state index contributed by atoms with van der Waals surface area (Å²) in [5.74, 6) is 0. The van der Waals surface area contributed by atoms with E-state index in [0.717, 1.165) is 16.7 Å². The molecule has 0 aliphatic carbocycles. The molecule has 0 amide bonds. The van der Waals surface area contributed by atoms with Crippen molar-refractivity contribution in [2.24, 2.45) is 7.05 Å². The van der Waals surface area contributed by atoms with Crippen molar-refractivity contribution in [3.63, 3.8) is 0 Å². The third-order valence-electron chi connectivity index (χ3n) is 1.93. The van der Waals surface area contributed by atoms with E-state index in [0.29, 0.717) is 6.61 Å². The number of hydrogen-bond donors (Lipinski definition) is 0. The summed E-state index contributed by atoms with van der Waals surface area (Å²) in [5, 5.41) is 5.17. The first-order valence-corrected chi connectivity index (χ1v) is 4.08. The van der Waals surface area contributed by atoms with Crippen LogP contribution in [0.2, 0.25) is 0 Å². The van der Waals surface area contributed by atoms with Gasteiger partial charge in [0.1, 0.15) is 0 Å². The highest BCUT2D eigenvalue weighted by molar-refractivity contribution is 5.74. The summed E-state index contributed by atoms with van der Waals surface area (Å²) in [5.41, 5.74) is 1.83. The van der Waals surface area contributed by atoms with Gasteiger partial charge in [0, 0.05) is 19.5 Å². The van der Waals surface area contributed by atoms with Gasteiger partial charge in [-0.1, -0.05) is 0 Å². The van der Waals surface area contributed by atoms with Gasteiger partial charge < -0.3 is 4.74 Å². The van der Waals surface area contributed by atoms with Gasteiger partial charge in [-0.2, -0.15) is 5.10 Å². The quantitative estimate of drug-likeness (QED) is 0.690. The molecule has 0 radical (unpaired) electrons. The first-order chi connectivity index (χ1) is 6.31. The number of aromatic nitrogens is 3. The molecular formula is C9H11N3O. The minimum atomic E-state index is 0.543. The third kappa shape index (κ3) is 1.40. The minimum absolute atomic E-state index is 0.543. The van der Waals surface area contributed by atoms with Crippen LogP contribution < -0.4 is 0 Å². The molecule has 0 aromatic carbocycles. The van der Waals surface area contributed by atoms with Crippen molar-refractivity contribution in [1.82, 2.24) is 14.8 Å². The number of hydrogen-bond acceptors (Lipinski definition) is 3. The Kier molecular flexibility index (Phi) is 1.98. The number of rotatable bonds is 2. The number of fused-ring (bicyclic) bond motifs is 1. The first-order valence-electron chi connectivity index (χ1n) is 4.08. The first kappa shape index (κ1) is 8.19. The van der Waals surface area contributed by atoms with Gasteiger partial charge in [0.2, 0.25) is 0 Å². The van der Waals surface area contributed by atoms with Crippen LogP contribution in [0.25, 0.3) is 11.0 Å². The number of aryl methyl sites for hydroxylation is 1. The van der Waals surface area contributed by atoms with Gasteiger partial charge in [-0.25, -0.2) is 4.98 Å². The van der Waals surface area contributed by atoms with E-state index in [2.05, 4.69) is 10.1 Å². The molecule has 4 nitrogen and oxygen atoms in total. The maximum absolute atomic E-state index is 5.00. The Bertz CT molecular complexity index is 422. The molecule has 2 aromatic heterocycles. The molecule has 68 valence electrons. The van der Waals surface area contributed by atoms with Crippen LogP contribution >= 0.6 is 0 Å². The van der Waals surface area contributed by atoms with Crippen molar-refractivity contribution in [2.75, 3.05) is 7.11 Å². The van der Waals surface area contributed by atoms with Crippen LogP contribution in [-0.2, 0) is 18.4 Å². The summed E-state index contributed by atoms with van der Waals surface area (Å²) in [7, 11) is 3.54. The monoisotopic (exact) mass is 177 g/mol. The SMILES string of the molecule is COCc1ccc2cnn(C)c2n1. The lowest BCUT2D eigenvalue weighted by atomic mass is 10.3. The van der Waals surface area contributed by atoms with E-state index >= 15 is 0 Å². The van der Waals surface area contributed by atoms with Gasteiger partial charge in [0.05, 0.1) is 18.5 Å². The van der Waals surface area contributed by atoms with Crippen molar-refractivity contribution in [2.45, 2.75) is 6.61 Å². The van der Waals surface area contributed by atoms with E-state index in [1.165, 1.54) is 0 Å².